The van der Waals surface area contributed by atoms with E-state index in [-0.39, 0.29) is 5.91 Å². The van der Waals surface area contributed by atoms with Crippen LogP contribution in [-0.2, 0) is 5.33 Å². The number of hydrogen-bond acceptors (Lipinski definition) is 1. The van der Waals surface area contributed by atoms with Crippen LogP contribution in [-0.4, -0.2) is 5.91 Å². The molecule has 0 bridgehead atoms. The molecule has 18 heavy (non-hydrogen) atoms. The Kier molecular flexibility index (Phi) is 4.15. The molecule has 0 heterocycles. The molecule has 92 valence electrons. The number of amides is 1. The van der Waals surface area contributed by atoms with Crippen molar-refractivity contribution in [2.75, 3.05) is 5.32 Å². The van der Waals surface area contributed by atoms with Gasteiger partial charge in [0.25, 0.3) is 5.91 Å². The second-order valence-corrected chi connectivity index (χ2v) is 4.66. The van der Waals surface area contributed by atoms with Crippen molar-refractivity contribution in [2.45, 2.75) is 12.3 Å². The Hall–Kier alpha value is -1.61. The molecular formula is C15H14BrNO. The summed E-state index contributed by atoms with van der Waals surface area (Å²) in [4.78, 5) is 12.1. The minimum Gasteiger partial charge on any atom is -0.322 e. The van der Waals surface area contributed by atoms with Crippen molar-refractivity contribution in [2.24, 2.45) is 0 Å². The molecule has 0 aliphatic carbocycles. The summed E-state index contributed by atoms with van der Waals surface area (Å²) in [5.41, 5.74) is 3.68. The van der Waals surface area contributed by atoms with Crippen LogP contribution < -0.4 is 5.32 Å². The lowest BCUT2D eigenvalue weighted by Crippen LogP contribution is -2.12. The fourth-order valence-electron chi connectivity index (χ4n) is 1.70. The Bertz CT molecular complexity index is 566. The van der Waals surface area contributed by atoms with E-state index in [1.165, 1.54) is 0 Å². The van der Waals surface area contributed by atoms with Crippen molar-refractivity contribution in [1.29, 1.82) is 0 Å². The number of para-hydroxylation sites is 1. The highest BCUT2D eigenvalue weighted by molar-refractivity contribution is 9.08. The molecule has 2 nitrogen and oxygen atoms in total. The van der Waals surface area contributed by atoms with Crippen molar-refractivity contribution in [3.05, 3.63) is 65.2 Å². The second kappa shape index (κ2) is 5.83. The van der Waals surface area contributed by atoms with Gasteiger partial charge < -0.3 is 5.32 Å². The maximum atomic E-state index is 12.1. The third kappa shape index (κ3) is 2.99. The Morgan fingerprint density at radius 1 is 1.17 bits per heavy atom. The van der Waals surface area contributed by atoms with Gasteiger partial charge in [0.2, 0.25) is 0 Å². The summed E-state index contributed by atoms with van der Waals surface area (Å²) in [5.74, 6) is -0.0768. The number of anilines is 1. The number of hydrogen-bond donors (Lipinski definition) is 1. The van der Waals surface area contributed by atoms with Crippen LogP contribution in [0.2, 0.25) is 0 Å². The summed E-state index contributed by atoms with van der Waals surface area (Å²) in [6.45, 7) is 1.98. The maximum absolute atomic E-state index is 12.1. The first-order valence-electron chi connectivity index (χ1n) is 5.72. The molecule has 0 spiro atoms. The van der Waals surface area contributed by atoms with Gasteiger partial charge in [-0.15, -0.1) is 0 Å². The number of carbonyl (C=O) groups is 1. The van der Waals surface area contributed by atoms with Crippen molar-refractivity contribution in [3.8, 4) is 0 Å². The molecule has 0 atom stereocenters. The molecule has 2 rings (SSSR count). The predicted octanol–water partition coefficient (Wildman–Crippen LogP) is 4.14. The molecule has 0 saturated heterocycles. The third-order valence-electron chi connectivity index (χ3n) is 2.74. The van der Waals surface area contributed by atoms with Gasteiger partial charge in [0.1, 0.15) is 0 Å². The number of carbonyl (C=O) groups excluding carboxylic acids is 1. The smallest absolute Gasteiger partial charge is 0.255 e. The molecule has 0 unspecified atom stereocenters. The van der Waals surface area contributed by atoms with Crippen molar-refractivity contribution in [1.82, 2.24) is 0 Å². The van der Waals surface area contributed by atoms with E-state index >= 15 is 0 Å². The molecule has 2 aromatic rings. The van der Waals surface area contributed by atoms with Crippen LogP contribution in [0.3, 0.4) is 0 Å². The largest absolute Gasteiger partial charge is 0.322 e. The lowest BCUT2D eigenvalue weighted by Gasteiger charge is -2.08. The second-order valence-electron chi connectivity index (χ2n) is 4.10. The Morgan fingerprint density at radius 2 is 1.94 bits per heavy atom. The average Bonchev–Trinajstić information content (AvgIpc) is 2.41. The van der Waals surface area contributed by atoms with E-state index < -0.39 is 0 Å². The van der Waals surface area contributed by atoms with Crippen LogP contribution in [0.15, 0.2) is 48.5 Å². The van der Waals surface area contributed by atoms with Crippen LogP contribution in [0, 0.1) is 6.92 Å². The first-order chi connectivity index (χ1) is 8.70. The summed E-state index contributed by atoms with van der Waals surface area (Å²) < 4.78 is 0. The number of aryl methyl sites for hydroxylation is 1. The van der Waals surface area contributed by atoms with Crippen LogP contribution in [0.1, 0.15) is 21.5 Å². The zero-order valence-electron chi connectivity index (χ0n) is 10.1. The molecule has 0 fully saturated rings. The normalized spacial score (nSPS) is 10.1. The molecule has 0 saturated carbocycles. The average molecular weight is 304 g/mol. The van der Waals surface area contributed by atoms with Crippen molar-refractivity contribution in [3.63, 3.8) is 0 Å². The maximum Gasteiger partial charge on any atom is 0.255 e. The Balaban J connectivity index is 2.19. The first kappa shape index (κ1) is 12.8. The highest BCUT2D eigenvalue weighted by Gasteiger charge is 2.07. The molecule has 1 N–H and O–H groups in total. The van der Waals surface area contributed by atoms with Crippen molar-refractivity contribution < 1.29 is 4.79 Å². The molecule has 2 aromatic carbocycles. The van der Waals surface area contributed by atoms with Gasteiger partial charge in [-0.05, 0) is 36.2 Å². The van der Waals surface area contributed by atoms with E-state index in [0.717, 1.165) is 22.1 Å². The molecule has 1 amide bonds. The fourth-order valence-corrected chi connectivity index (χ4v) is 2.05. The van der Waals surface area contributed by atoms with E-state index in [1.54, 1.807) is 0 Å². The number of halogens is 1. The summed E-state index contributed by atoms with van der Waals surface area (Å²) in [6, 6.07) is 15.3. The zero-order valence-corrected chi connectivity index (χ0v) is 11.7. The summed E-state index contributed by atoms with van der Waals surface area (Å²) in [5, 5.41) is 3.67. The summed E-state index contributed by atoms with van der Waals surface area (Å²) in [6.07, 6.45) is 0. The van der Waals surface area contributed by atoms with Gasteiger partial charge in [0, 0.05) is 16.6 Å². The molecule has 3 heteroatoms. The number of alkyl halides is 1. The monoisotopic (exact) mass is 303 g/mol. The minimum absolute atomic E-state index is 0.0768. The van der Waals surface area contributed by atoms with Crippen LogP contribution in [0.25, 0.3) is 0 Å². The Labute approximate surface area is 115 Å². The lowest BCUT2D eigenvalue weighted by molar-refractivity contribution is 0.102. The fraction of sp³-hybridized carbons (Fsp3) is 0.133. The first-order valence-corrected chi connectivity index (χ1v) is 6.85. The summed E-state index contributed by atoms with van der Waals surface area (Å²) >= 11 is 3.39. The molecule has 0 aromatic heterocycles. The highest BCUT2D eigenvalue weighted by atomic mass is 79.9. The SMILES string of the molecule is Cc1ccccc1NC(=O)c1cccc(CBr)c1. The zero-order chi connectivity index (χ0) is 13.0. The number of rotatable bonds is 3. The number of benzene rings is 2. The molecule has 0 aliphatic heterocycles. The predicted molar refractivity (Wildman–Crippen MR) is 78.2 cm³/mol. The topological polar surface area (TPSA) is 29.1 Å². The number of nitrogens with one attached hydrogen (secondary N) is 1. The van der Waals surface area contributed by atoms with E-state index in [2.05, 4.69) is 21.2 Å². The van der Waals surface area contributed by atoms with E-state index in [9.17, 15) is 4.79 Å². The van der Waals surface area contributed by atoms with Gasteiger partial charge in [-0.2, -0.15) is 0 Å². The van der Waals surface area contributed by atoms with Gasteiger partial charge in [0.05, 0.1) is 0 Å². The Morgan fingerprint density at radius 3 is 2.67 bits per heavy atom. The summed E-state index contributed by atoms with van der Waals surface area (Å²) in [7, 11) is 0. The van der Waals surface area contributed by atoms with Crippen LogP contribution in [0.5, 0.6) is 0 Å². The highest BCUT2D eigenvalue weighted by Crippen LogP contribution is 2.15. The minimum atomic E-state index is -0.0768. The van der Waals surface area contributed by atoms with Crippen LogP contribution >= 0.6 is 15.9 Å². The van der Waals surface area contributed by atoms with E-state index in [4.69, 9.17) is 0 Å². The lowest BCUT2D eigenvalue weighted by atomic mass is 10.1. The van der Waals surface area contributed by atoms with Gasteiger partial charge in [-0.1, -0.05) is 46.3 Å². The van der Waals surface area contributed by atoms with Crippen LogP contribution in [0.4, 0.5) is 5.69 Å². The van der Waals surface area contributed by atoms with Gasteiger partial charge >= 0.3 is 0 Å². The molecule has 0 radical (unpaired) electrons. The quantitative estimate of drug-likeness (QED) is 0.848. The van der Waals surface area contributed by atoms with Gasteiger partial charge in [-0.3, -0.25) is 4.79 Å². The third-order valence-corrected chi connectivity index (χ3v) is 3.38. The van der Waals surface area contributed by atoms with Gasteiger partial charge in [-0.25, -0.2) is 0 Å². The van der Waals surface area contributed by atoms with E-state index in [0.29, 0.717) is 5.56 Å². The van der Waals surface area contributed by atoms with Gasteiger partial charge in [0.15, 0.2) is 0 Å². The van der Waals surface area contributed by atoms with Crippen molar-refractivity contribution >= 4 is 27.5 Å². The molecule has 0 aliphatic rings. The van der Waals surface area contributed by atoms with E-state index in [1.807, 2.05) is 55.5 Å². The standard InChI is InChI=1S/C15H14BrNO/c1-11-5-2-3-8-14(11)17-15(18)13-7-4-6-12(9-13)10-16/h2-9H,10H2,1H3,(H,17,18). The molecular weight excluding hydrogens is 290 g/mol.